The standard InChI is InChI=1S/C13H15ClO3/c1-7-4-8(7)13(15)9-5-11(16-2)12(17-3)6-10(9)14/h5-8H,4H2,1-3H3. The minimum Gasteiger partial charge on any atom is -0.493 e. The highest BCUT2D eigenvalue weighted by Gasteiger charge is 2.40. The zero-order valence-electron chi connectivity index (χ0n) is 10.1. The van der Waals surface area contributed by atoms with Gasteiger partial charge in [0, 0.05) is 17.5 Å². The van der Waals surface area contributed by atoms with Gasteiger partial charge in [-0.3, -0.25) is 4.79 Å². The zero-order valence-corrected chi connectivity index (χ0v) is 10.9. The van der Waals surface area contributed by atoms with E-state index in [-0.39, 0.29) is 11.7 Å². The number of hydrogen-bond acceptors (Lipinski definition) is 3. The third-order valence-electron chi connectivity index (χ3n) is 3.18. The Labute approximate surface area is 106 Å². The summed E-state index contributed by atoms with van der Waals surface area (Å²) in [4.78, 5) is 12.1. The number of hydrogen-bond donors (Lipinski definition) is 0. The third kappa shape index (κ3) is 2.25. The summed E-state index contributed by atoms with van der Waals surface area (Å²) in [6, 6.07) is 3.29. The van der Waals surface area contributed by atoms with Crippen molar-refractivity contribution < 1.29 is 14.3 Å². The Morgan fingerprint density at radius 3 is 2.29 bits per heavy atom. The SMILES string of the molecule is COc1cc(Cl)c(C(=O)C2CC2C)cc1OC. The molecule has 0 N–H and O–H groups in total. The van der Waals surface area contributed by atoms with E-state index in [0.29, 0.717) is 28.0 Å². The molecule has 2 atom stereocenters. The maximum atomic E-state index is 12.1. The molecule has 2 unspecified atom stereocenters. The first-order valence-electron chi connectivity index (χ1n) is 5.54. The van der Waals surface area contributed by atoms with Gasteiger partial charge in [-0.05, 0) is 18.4 Å². The summed E-state index contributed by atoms with van der Waals surface area (Å²) >= 11 is 6.10. The van der Waals surface area contributed by atoms with Crippen molar-refractivity contribution in [3.8, 4) is 11.5 Å². The van der Waals surface area contributed by atoms with Crippen LogP contribution in [0.15, 0.2) is 12.1 Å². The van der Waals surface area contributed by atoms with Crippen molar-refractivity contribution in [1.82, 2.24) is 0 Å². The summed E-state index contributed by atoms with van der Waals surface area (Å²) in [7, 11) is 3.08. The van der Waals surface area contributed by atoms with Gasteiger partial charge in [-0.1, -0.05) is 18.5 Å². The Morgan fingerprint density at radius 2 is 1.82 bits per heavy atom. The molecule has 1 aliphatic carbocycles. The van der Waals surface area contributed by atoms with Crippen LogP contribution in [0.5, 0.6) is 11.5 Å². The molecule has 2 rings (SSSR count). The van der Waals surface area contributed by atoms with Gasteiger partial charge in [0.05, 0.1) is 19.2 Å². The molecule has 0 amide bonds. The fourth-order valence-corrected chi connectivity index (χ4v) is 2.18. The van der Waals surface area contributed by atoms with Crippen molar-refractivity contribution in [1.29, 1.82) is 0 Å². The number of Topliss-reactive ketones (excluding diaryl/α,β-unsaturated/α-hetero) is 1. The number of ether oxygens (including phenoxy) is 2. The van der Waals surface area contributed by atoms with E-state index in [4.69, 9.17) is 21.1 Å². The number of rotatable bonds is 4. The van der Waals surface area contributed by atoms with Crippen molar-refractivity contribution >= 4 is 17.4 Å². The van der Waals surface area contributed by atoms with Crippen LogP contribution in [-0.2, 0) is 0 Å². The molecule has 1 aliphatic rings. The second-order valence-electron chi connectivity index (χ2n) is 4.37. The molecule has 0 radical (unpaired) electrons. The molecule has 1 aromatic carbocycles. The molecule has 0 aliphatic heterocycles. The van der Waals surface area contributed by atoms with Crippen LogP contribution in [0.3, 0.4) is 0 Å². The summed E-state index contributed by atoms with van der Waals surface area (Å²) in [5, 5.41) is 0.423. The molecule has 0 heterocycles. The molecule has 1 saturated carbocycles. The van der Waals surface area contributed by atoms with Crippen LogP contribution in [0.2, 0.25) is 5.02 Å². The van der Waals surface area contributed by atoms with Crippen LogP contribution < -0.4 is 9.47 Å². The van der Waals surface area contributed by atoms with Gasteiger partial charge in [-0.2, -0.15) is 0 Å². The molecule has 92 valence electrons. The van der Waals surface area contributed by atoms with E-state index in [1.807, 2.05) is 0 Å². The van der Waals surface area contributed by atoms with Gasteiger partial charge < -0.3 is 9.47 Å². The van der Waals surface area contributed by atoms with Crippen molar-refractivity contribution in [3.63, 3.8) is 0 Å². The predicted octanol–water partition coefficient (Wildman–Crippen LogP) is 3.20. The predicted molar refractivity (Wildman–Crippen MR) is 66.2 cm³/mol. The second-order valence-corrected chi connectivity index (χ2v) is 4.78. The Hall–Kier alpha value is -1.22. The van der Waals surface area contributed by atoms with E-state index < -0.39 is 0 Å². The topological polar surface area (TPSA) is 35.5 Å². The van der Waals surface area contributed by atoms with E-state index >= 15 is 0 Å². The highest BCUT2D eigenvalue weighted by Crippen LogP contribution is 2.43. The third-order valence-corrected chi connectivity index (χ3v) is 3.50. The van der Waals surface area contributed by atoms with Crippen LogP contribution in [-0.4, -0.2) is 20.0 Å². The normalized spacial score (nSPS) is 22.1. The molecular weight excluding hydrogens is 240 g/mol. The maximum Gasteiger partial charge on any atom is 0.167 e. The Kier molecular flexibility index (Phi) is 3.29. The molecule has 17 heavy (non-hydrogen) atoms. The van der Waals surface area contributed by atoms with Crippen molar-refractivity contribution in [2.24, 2.45) is 11.8 Å². The van der Waals surface area contributed by atoms with Crippen LogP contribution in [0, 0.1) is 11.8 Å². The first-order chi connectivity index (χ1) is 8.08. The first kappa shape index (κ1) is 12.2. The molecule has 0 saturated heterocycles. The molecule has 3 nitrogen and oxygen atoms in total. The summed E-state index contributed by atoms with van der Waals surface area (Å²) in [6.45, 7) is 2.07. The molecule has 4 heteroatoms. The minimum atomic E-state index is 0.100. The smallest absolute Gasteiger partial charge is 0.167 e. The van der Waals surface area contributed by atoms with E-state index in [2.05, 4.69) is 6.92 Å². The highest BCUT2D eigenvalue weighted by atomic mass is 35.5. The average Bonchev–Trinajstić information content (AvgIpc) is 3.05. The van der Waals surface area contributed by atoms with Gasteiger partial charge in [-0.25, -0.2) is 0 Å². The number of methoxy groups -OCH3 is 2. The number of halogens is 1. The number of carbonyl (C=O) groups is 1. The monoisotopic (exact) mass is 254 g/mol. The first-order valence-corrected chi connectivity index (χ1v) is 5.92. The molecule has 1 fully saturated rings. The van der Waals surface area contributed by atoms with E-state index in [0.717, 1.165) is 6.42 Å². The lowest BCUT2D eigenvalue weighted by molar-refractivity contribution is 0.0962. The summed E-state index contributed by atoms with van der Waals surface area (Å²) in [6.07, 6.45) is 0.948. The van der Waals surface area contributed by atoms with E-state index in [1.165, 1.54) is 0 Å². The Balaban J connectivity index is 2.37. The quantitative estimate of drug-likeness (QED) is 0.774. The lowest BCUT2D eigenvalue weighted by Gasteiger charge is -2.10. The Morgan fingerprint density at radius 1 is 1.29 bits per heavy atom. The largest absolute Gasteiger partial charge is 0.493 e. The van der Waals surface area contributed by atoms with Gasteiger partial charge in [0.2, 0.25) is 0 Å². The number of carbonyl (C=O) groups excluding carboxylic acids is 1. The van der Waals surface area contributed by atoms with Crippen molar-refractivity contribution in [3.05, 3.63) is 22.7 Å². The Bertz CT molecular complexity index is 456. The average molecular weight is 255 g/mol. The van der Waals surface area contributed by atoms with Crippen LogP contribution >= 0.6 is 11.6 Å². The molecular formula is C13H15ClO3. The van der Waals surface area contributed by atoms with Crippen LogP contribution in [0.1, 0.15) is 23.7 Å². The van der Waals surface area contributed by atoms with E-state index in [1.54, 1.807) is 26.4 Å². The number of ketones is 1. The minimum absolute atomic E-state index is 0.100. The van der Waals surface area contributed by atoms with Gasteiger partial charge in [0.15, 0.2) is 17.3 Å². The molecule has 1 aromatic rings. The number of benzene rings is 1. The van der Waals surface area contributed by atoms with Gasteiger partial charge in [0.1, 0.15) is 0 Å². The summed E-state index contributed by atoms with van der Waals surface area (Å²) in [5.74, 6) is 1.76. The van der Waals surface area contributed by atoms with Gasteiger partial charge >= 0.3 is 0 Å². The second kappa shape index (κ2) is 4.57. The van der Waals surface area contributed by atoms with Crippen molar-refractivity contribution in [2.45, 2.75) is 13.3 Å². The van der Waals surface area contributed by atoms with E-state index in [9.17, 15) is 4.79 Å². The van der Waals surface area contributed by atoms with Crippen LogP contribution in [0.25, 0.3) is 0 Å². The molecule has 0 spiro atoms. The fourth-order valence-electron chi connectivity index (χ4n) is 1.93. The lowest BCUT2D eigenvalue weighted by Crippen LogP contribution is -2.05. The lowest BCUT2D eigenvalue weighted by atomic mass is 10.1. The maximum absolute atomic E-state index is 12.1. The van der Waals surface area contributed by atoms with Gasteiger partial charge in [-0.15, -0.1) is 0 Å². The fraction of sp³-hybridized carbons (Fsp3) is 0.462. The summed E-state index contributed by atoms with van der Waals surface area (Å²) in [5.41, 5.74) is 0.527. The highest BCUT2D eigenvalue weighted by molar-refractivity contribution is 6.34. The molecule has 0 aromatic heterocycles. The van der Waals surface area contributed by atoms with Crippen molar-refractivity contribution in [2.75, 3.05) is 14.2 Å². The zero-order chi connectivity index (χ0) is 12.6. The van der Waals surface area contributed by atoms with Crippen LogP contribution in [0.4, 0.5) is 0 Å². The molecule has 0 bridgehead atoms. The summed E-state index contributed by atoms with van der Waals surface area (Å²) < 4.78 is 10.3. The van der Waals surface area contributed by atoms with Gasteiger partial charge in [0.25, 0.3) is 0 Å².